The summed E-state index contributed by atoms with van der Waals surface area (Å²) in [5, 5.41) is 14.4. The molecule has 0 spiro atoms. The highest BCUT2D eigenvalue weighted by Gasteiger charge is 2.62. The minimum Gasteiger partial charge on any atom is -0.411 e. The molecule has 0 aromatic heterocycles. The van der Waals surface area contributed by atoms with E-state index in [0.29, 0.717) is 39.9 Å². The molecule has 0 aromatic carbocycles. The van der Waals surface area contributed by atoms with E-state index in [2.05, 4.69) is 39.8 Å². The standard InChI is InChI=1S/C27H46ClNO/c1-17(2)7-6-8-18(3)21-9-10-22-25-23(12-14-27(21,22)5)26(4)13-11-20(28)15-19(26)16-24(25)29-30/h17-23,25,30H,6-16H2,1-5H3/t18-,19-,20+,21-,22+,23+,25+,26+,27-/m1/s1. The summed E-state index contributed by atoms with van der Waals surface area (Å²) in [4.78, 5) is 0. The first-order valence-electron chi connectivity index (χ1n) is 13.1. The second-order valence-corrected chi connectivity index (χ2v) is 13.3. The molecule has 0 amide bonds. The third kappa shape index (κ3) is 3.75. The Morgan fingerprint density at radius 3 is 2.40 bits per heavy atom. The molecular formula is C27H46ClNO. The van der Waals surface area contributed by atoms with Crippen LogP contribution in [0, 0.1) is 52.3 Å². The van der Waals surface area contributed by atoms with Crippen molar-refractivity contribution in [2.45, 2.75) is 111 Å². The van der Waals surface area contributed by atoms with Crippen molar-refractivity contribution in [2.24, 2.45) is 57.4 Å². The van der Waals surface area contributed by atoms with Crippen LogP contribution in [0.4, 0.5) is 0 Å². The first-order valence-corrected chi connectivity index (χ1v) is 13.5. The zero-order valence-electron chi connectivity index (χ0n) is 20.2. The summed E-state index contributed by atoms with van der Waals surface area (Å²) in [6, 6.07) is 0. The Bertz CT molecular complexity index is 647. The second kappa shape index (κ2) is 8.60. The van der Waals surface area contributed by atoms with Gasteiger partial charge >= 0.3 is 0 Å². The van der Waals surface area contributed by atoms with E-state index in [4.69, 9.17) is 11.6 Å². The highest BCUT2D eigenvalue weighted by Crippen LogP contribution is 2.68. The monoisotopic (exact) mass is 435 g/mol. The summed E-state index contributed by atoms with van der Waals surface area (Å²) in [6.07, 6.45) is 14.1. The van der Waals surface area contributed by atoms with E-state index in [-0.39, 0.29) is 0 Å². The third-order valence-corrected chi connectivity index (χ3v) is 11.2. The van der Waals surface area contributed by atoms with Gasteiger partial charge in [0, 0.05) is 11.3 Å². The summed E-state index contributed by atoms with van der Waals surface area (Å²) in [6.45, 7) is 12.4. The van der Waals surface area contributed by atoms with Crippen LogP contribution >= 0.6 is 11.6 Å². The fourth-order valence-electron chi connectivity index (χ4n) is 9.04. The van der Waals surface area contributed by atoms with Gasteiger partial charge in [0.25, 0.3) is 0 Å². The molecule has 4 aliphatic rings. The van der Waals surface area contributed by atoms with Crippen LogP contribution in [-0.4, -0.2) is 16.3 Å². The molecule has 0 unspecified atom stereocenters. The minimum absolute atomic E-state index is 0.316. The van der Waals surface area contributed by atoms with Crippen LogP contribution in [0.25, 0.3) is 0 Å². The molecule has 2 nitrogen and oxygen atoms in total. The van der Waals surface area contributed by atoms with Crippen molar-refractivity contribution >= 4 is 17.3 Å². The number of fused-ring (bicyclic) bond motifs is 5. The smallest absolute Gasteiger partial charge is 0.0610 e. The molecule has 3 heteroatoms. The predicted molar refractivity (Wildman–Crippen MR) is 127 cm³/mol. The van der Waals surface area contributed by atoms with Crippen molar-refractivity contribution in [3.63, 3.8) is 0 Å². The van der Waals surface area contributed by atoms with Crippen molar-refractivity contribution in [2.75, 3.05) is 0 Å². The molecule has 0 aliphatic heterocycles. The lowest BCUT2D eigenvalue weighted by Crippen LogP contribution is -2.57. The minimum atomic E-state index is 0.316. The maximum Gasteiger partial charge on any atom is 0.0610 e. The van der Waals surface area contributed by atoms with Gasteiger partial charge in [-0.15, -0.1) is 11.6 Å². The normalized spacial score (nSPS) is 48.3. The van der Waals surface area contributed by atoms with E-state index in [0.717, 1.165) is 36.3 Å². The largest absolute Gasteiger partial charge is 0.411 e. The van der Waals surface area contributed by atoms with Crippen molar-refractivity contribution in [1.82, 2.24) is 0 Å². The molecule has 0 aromatic rings. The average molecular weight is 436 g/mol. The summed E-state index contributed by atoms with van der Waals surface area (Å²) < 4.78 is 0. The molecule has 30 heavy (non-hydrogen) atoms. The van der Waals surface area contributed by atoms with Crippen LogP contribution in [0.1, 0.15) is 105 Å². The average Bonchev–Trinajstić information content (AvgIpc) is 3.05. The van der Waals surface area contributed by atoms with Crippen LogP contribution in [0.2, 0.25) is 0 Å². The molecular weight excluding hydrogens is 390 g/mol. The molecule has 172 valence electrons. The zero-order chi connectivity index (χ0) is 21.7. The first kappa shape index (κ1) is 22.9. The number of hydrogen-bond acceptors (Lipinski definition) is 2. The van der Waals surface area contributed by atoms with E-state index in [1.165, 1.54) is 57.8 Å². The highest BCUT2D eigenvalue weighted by molar-refractivity contribution is 6.20. The first-order chi connectivity index (χ1) is 14.2. The number of hydrogen-bond donors (Lipinski definition) is 1. The molecule has 1 N–H and O–H groups in total. The molecule has 4 fully saturated rings. The molecule has 4 saturated carbocycles. The van der Waals surface area contributed by atoms with Crippen molar-refractivity contribution in [3.05, 3.63) is 0 Å². The van der Waals surface area contributed by atoms with Gasteiger partial charge < -0.3 is 5.21 Å². The lowest BCUT2D eigenvalue weighted by molar-refractivity contribution is -0.0722. The Morgan fingerprint density at radius 1 is 1.00 bits per heavy atom. The molecule has 0 heterocycles. The van der Waals surface area contributed by atoms with E-state index >= 15 is 0 Å². The summed E-state index contributed by atoms with van der Waals surface area (Å²) >= 11 is 6.59. The maximum absolute atomic E-state index is 10.1. The van der Waals surface area contributed by atoms with Gasteiger partial charge in [-0.05, 0) is 97.7 Å². The van der Waals surface area contributed by atoms with Crippen LogP contribution in [0.3, 0.4) is 0 Å². The van der Waals surface area contributed by atoms with Gasteiger partial charge in [0.05, 0.1) is 5.71 Å². The number of alkyl halides is 1. The molecule has 4 rings (SSSR count). The lowest BCUT2D eigenvalue weighted by atomic mass is 9.44. The van der Waals surface area contributed by atoms with Crippen molar-refractivity contribution in [1.29, 1.82) is 0 Å². The van der Waals surface area contributed by atoms with E-state index < -0.39 is 0 Å². The Labute approximate surface area is 190 Å². The van der Waals surface area contributed by atoms with Gasteiger partial charge in [0.2, 0.25) is 0 Å². The van der Waals surface area contributed by atoms with Crippen LogP contribution in [-0.2, 0) is 0 Å². The van der Waals surface area contributed by atoms with E-state index in [9.17, 15) is 5.21 Å². The van der Waals surface area contributed by atoms with Gasteiger partial charge in [-0.2, -0.15) is 0 Å². The molecule has 0 saturated heterocycles. The second-order valence-electron chi connectivity index (χ2n) is 12.6. The topological polar surface area (TPSA) is 32.6 Å². The molecule has 0 bridgehead atoms. The lowest BCUT2D eigenvalue weighted by Gasteiger charge is -2.61. The van der Waals surface area contributed by atoms with Crippen molar-refractivity contribution < 1.29 is 5.21 Å². The van der Waals surface area contributed by atoms with Crippen LogP contribution in [0.5, 0.6) is 0 Å². The summed E-state index contributed by atoms with van der Waals surface area (Å²) in [5.41, 5.74) is 1.96. The Hall–Kier alpha value is -0.240. The molecule has 4 aliphatic carbocycles. The van der Waals surface area contributed by atoms with Gasteiger partial charge in [0.15, 0.2) is 0 Å². The molecule has 0 radical (unpaired) electrons. The van der Waals surface area contributed by atoms with Crippen LogP contribution in [0.15, 0.2) is 5.16 Å². The van der Waals surface area contributed by atoms with E-state index in [1.807, 2.05) is 0 Å². The number of nitrogens with zero attached hydrogens (tertiary/aromatic N) is 1. The van der Waals surface area contributed by atoms with Gasteiger partial charge in [-0.1, -0.05) is 59.0 Å². The SMILES string of the molecule is CC(C)CCC[C@@H](C)[C@H]1CC[C@H]2[C@@H]3C(=NO)C[C@H]4C[C@@H](Cl)CC[C@]4(C)[C@H]3CC[C@]12C. The quantitative estimate of drug-likeness (QED) is 0.263. The highest BCUT2D eigenvalue weighted by atomic mass is 35.5. The van der Waals surface area contributed by atoms with Gasteiger partial charge in [-0.25, -0.2) is 0 Å². The van der Waals surface area contributed by atoms with Crippen LogP contribution < -0.4 is 0 Å². The van der Waals surface area contributed by atoms with E-state index in [1.54, 1.807) is 0 Å². The third-order valence-electron chi connectivity index (χ3n) is 10.8. The number of halogens is 1. The fraction of sp³-hybridized carbons (Fsp3) is 0.963. The Balaban J connectivity index is 1.55. The maximum atomic E-state index is 10.1. The Kier molecular flexibility index (Phi) is 6.58. The zero-order valence-corrected chi connectivity index (χ0v) is 20.9. The summed E-state index contributed by atoms with van der Waals surface area (Å²) in [5.74, 6) is 5.02. The fourth-order valence-corrected chi connectivity index (χ4v) is 9.36. The number of oxime groups is 1. The van der Waals surface area contributed by atoms with Gasteiger partial charge in [-0.3, -0.25) is 0 Å². The molecule has 9 atom stereocenters. The predicted octanol–water partition coefficient (Wildman–Crippen LogP) is 8.16. The summed E-state index contributed by atoms with van der Waals surface area (Å²) in [7, 11) is 0. The Morgan fingerprint density at radius 2 is 1.70 bits per heavy atom. The van der Waals surface area contributed by atoms with Gasteiger partial charge in [0.1, 0.15) is 0 Å². The number of rotatable bonds is 5. The van der Waals surface area contributed by atoms with Crippen molar-refractivity contribution in [3.8, 4) is 0 Å².